The minimum absolute atomic E-state index is 0.338. The summed E-state index contributed by atoms with van der Waals surface area (Å²) >= 11 is 12.7. The molecule has 2 aromatic carbocycles. The molecule has 2 rings (SSSR count). The van der Waals surface area contributed by atoms with Gasteiger partial charge >= 0.3 is 0 Å². The van der Waals surface area contributed by atoms with E-state index in [0.29, 0.717) is 21.5 Å². The summed E-state index contributed by atoms with van der Waals surface area (Å²) in [5.41, 5.74) is 6.62. The van der Waals surface area contributed by atoms with Crippen LogP contribution in [-0.4, -0.2) is 10.7 Å². The van der Waals surface area contributed by atoms with Crippen molar-refractivity contribution in [3.8, 4) is 11.5 Å². The lowest BCUT2D eigenvalue weighted by molar-refractivity contribution is 0.480. The smallest absolute Gasteiger partial charge is 0.138 e. The third kappa shape index (κ3) is 3.66. The molecule has 2 aromatic rings. The number of nitrogens with two attached hydrogens (primary N) is 1. The second kappa shape index (κ2) is 6.97. The third-order valence-electron chi connectivity index (χ3n) is 2.58. The molecule has 2 nitrogen and oxygen atoms in total. The first-order valence-electron chi connectivity index (χ1n) is 6.11. The van der Waals surface area contributed by atoms with Crippen molar-refractivity contribution in [2.24, 2.45) is 5.73 Å². The lowest BCUT2D eigenvalue weighted by Gasteiger charge is -2.13. The van der Waals surface area contributed by atoms with Crippen LogP contribution in [-0.2, 0) is 0 Å². The molecule has 0 fully saturated rings. The van der Waals surface area contributed by atoms with Crippen LogP contribution in [0.3, 0.4) is 0 Å². The summed E-state index contributed by atoms with van der Waals surface area (Å²) in [6.07, 6.45) is 0. The van der Waals surface area contributed by atoms with Gasteiger partial charge in [-0.05, 0) is 42.2 Å². The van der Waals surface area contributed by atoms with E-state index >= 15 is 0 Å². The van der Waals surface area contributed by atoms with Gasteiger partial charge in [-0.3, -0.25) is 0 Å². The lowest BCUT2D eigenvalue weighted by atomic mass is 10.2. The average molecular weight is 324 g/mol. The maximum atomic E-state index is 5.87. The molecule has 0 aliphatic rings. The second-order valence-electron chi connectivity index (χ2n) is 3.98. The molecule has 0 atom stereocenters. The summed E-state index contributed by atoms with van der Waals surface area (Å²) < 4.78 is 5.87. The Morgan fingerprint density at radius 2 is 1.95 bits per heavy atom. The Hall–Kier alpha value is -1.23. The third-order valence-corrected chi connectivity index (χ3v) is 3.97. The van der Waals surface area contributed by atoms with Crippen LogP contribution >= 0.6 is 35.6 Å². The number of halogens is 1. The average Bonchev–Trinajstić information content (AvgIpc) is 2.41. The number of hydrogen-bond acceptors (Lipinski definition) is 3. The maximum absolute atomic E-state index is 5.87. The molecule has 0 aliphatic carbocycles. The molecule has 104 valence electrons. The predicted octanol–water partition coefficient (Wildman–Crippen LogP) is 4.88. The van der Waals surface area contributed by atoms with E-state index in [1.807, 2.05) is 30.3 Å². The van der Waals surface area contributed by atoms with Crippen LogP contribution in [0.1, 0.15) is 12.5 Å². The predicted molar refractivity (Wildman–Crippen MR) is 90.3 cm³/mol. The summed E-state index contributed by atoms with van der Waals surface area (Å²) in [6, 6.07) is 13.0. The van der Waals surface area contributed by atoms with E-state index in [1.54, 1.807) is 23.9 Å². The molecule has 0 aromatic heterocycles. The van der Waals surface area contributed by atoms with Crippen molar-refractivity contribution in [3.05, 3.63) is 53.1 Å². The maximum Gasteiger partial charge on any atom is 0.138 e. The quantitative estimate of drug-likeness (QED) is 0.628. The fourth-order valence-corrected chi connectivity index (χ4v) is 2.99. The van der Waals surface area contributed by atoms with Gasteiger partial charge in [0.05, 0.1) is 5.56 Å². The molecule has 5 heteroatoms. The highest BCUT2D eigenvalue weighted by Gasteiger charge is 2.13. The summed E-state index contributed by atoms with van der Waals surface area (Å²) in [7, 11) is 0. The van der Waals surface area contributed by atoms with Gasteiger partial charge in [0.1, 0.15) is 16.5 Å². The van der Waals surface area contributed by atoms with Crippen LogP contribution in [0.4, 0.5) is 0 Å². The summed E-state index contributed by atoms with van der Waals surface area (Å²) in [5, 5.41) is 0.669. The lowest BCUT2D eigenvalue weighted by Crippen LogP contribution is -2.12. The van der Waals surface area contributed by atoms with Crippen LogP contribution in [0.5, 0.6) is 11.5 Å². The fourth-order valence-electron chi connectivity index (χ4n) is 1.74. The zero-order valence-electron chi connectivity index (χ0n) is 10.9. The number of benzene rings is 2. The standard InChI is InChI=1S/C15H14ClNOS2/c1-2-20-13-5-3-4-12(14(13)15(17)19)18-11-8-6-10(16)7-9-11/h3-9H,2H2,1H3,(H2,17,19). The molecule has 0 unspecified atom stereocenters. The molecule has 0 heterocycles. The van der Waals surface area contributed by atoms with Gasteiger partial charge in [-0.1, -0.05) is 36.8 Å². The van der Waals surface area contributed by atoms with E-state index in [0.717, 1.165) is 16.2 Å². The molecule has 0 amide bonds. The Morgan fingerprint density at radius 1 is 1.25 bits per heavy atom. The van der Waals surface area contributed by atoms with E-state index in [1.165, 1.54) is 0 Å². The Morgan fingerprint density at radius 3 is 2.55 bits per heavy atom. The molecule has 0 saturated heterocycles. The van der Waals surface area contributed by atoms with Crippen LogP contribution in [0.15, 0.2) is 47.4 Å². The molecule has 20 heavy (non-hydrogen) atoms. The van der Waals surface area contributed by atoms with Gasteiger partial charge in [-0.25, -0.2) is 0 Å². The largest absolute Gasteiger partial charge is 0.457 e. The topological polar surface area (TPSA) is 35.2 Å². The Kier molecular flexibility index (Phi) is 5.29. The van der Waals surface area contributed by atoms with Crippen molar-refractivity contribution < 1.29 is 4.74 Å². The van der Waals surface area contributed by atoms with E-state index in [2.05, 4.69) is 6.92 Å². The summed E-state index contributed by atoms with van der Waals surface area (Å²) in [4.78, 5) is 1.37. The normalized spacial score (nSPS) is 10.3. The molecular formula is C15H14ClNOS2. The fraction of sp³-hybridized carbons (Fsp3) is 0.133. The molecule has 0 saturated carbocycles. The Labute approximate surface area is 133 Å². The second-order valence-corrected chi connectivity index (χ2v) is 6.16. The Balaban J connectivity index is 2.37. The van der Waals surface area contributed by atoms with Crippen molar-refractivity contribution >= 4 is 40.6 Å². The SMILES string of the molecule is CCSc1cccc(Oc2ccc(Cl)cc2)c1C(N)=S. The molecule has 0 aliphatic heterocycles. The number of thioether (sulfide) groups is 1. The highest BCUT2D eigenvalue weighted by molar-refractivity contribution is 7.99. The minimum Gasteiger partial charge on any atom is -0.457 e. The van der Waals surface area contributed by atoms with Gasteiger partial charge in [0.2, 0.25) is 0 Å². The Bertz CT molecular complexity index is 614. The van der Waals surface area contributed by atoms with E-state index in [-0.39, 0.29) is 0 Å². The first kappa shape index (κ1) is 15.2. The highest BCUT2D eigenvalue weighted by Crippen LogP contribution is 2.33. The van der Waals surface area contributed by atoms with E-state index in [4.69, 9.17) is 34.3 Å². The summed E-state index contributed by atoms with van der Waals surface area (Å²) in [6.45, 7) is 2.08. The van der Waals surface area contributed by atoms with Gasteiger partial charge < -0.3 is 10.5 Å². The van der Waals surface area contributed by atoms with Crippen molar-refractivity contribution in [2.45, 2.75) is 11.8 Å². The van der Waals surface area contributed by atoms with E-state index < -0.39 is 0 Å². The van der Waals surface area contributed by atoms with Crippen molar-refractivity contribution in [1.82, 2.24) is 0 Å². The van der Waals surface area contributed by atoms with Crippen molar-refractivity contribution in [1.29, 1.82) is 0 Å². The first-order chi connectivity index (χ1) is 9.61. The molecule has 0 radical (unpaired) electrons. The molecule has 0 bridgehead atoms. The number of rotatable bonds is 5. The first-order valence-corrected chi connectivity index (χ1v) is 7.88. The van der Waals surface area contributed by atoms with Gasteiger partial charge in [0, 0.05) is 9.92 Å². The van der Waals surface area contributed by atoms with E-state index in [9.17, 15) is 0 Å². The summed E-state index contributed by atoms with van der Waals surface area (Å²) in [5.74, 6) is 2.31. The van der Waals surface area contributed by atoms with Gasteiger partial charge in [0.25, 0.3) is 0 Å². The molecular weight excluding hydrogens is 310 g/mol. The zero-order valence-corrected chi connectivity index (χ0v) is 13.3. The van der Waals surface area contributed by atoms with Crippen LogP contribution in [0, 0.1) is 0 Å². The number of thiocarbonyl (C=S) groups is 1. The van der Waals surface area contributed by atoms with Crippen LogP contribution < -0.4 is 10.5 Å². The van der Waals surface area contributed by atoms with Crippen molar-refractivity contribution in [2.75, 3.05) is 5.75 Å². The number of ether oxygens (including phenoxy) is 1. The molecule has 2 N–H and O–H groups in total. The van der Waals surface area contributed by atoms with Crippen LogP contribution in [0.2, 0.25) is 5.02 Å². The number of hydrogen-bond donors (Lipinski definition) is 1. The highest BCUT2D eigenvalue weighted by atomic mass is 35.5. The van der Waals surface area contributed by atoms with Crippen LogP contribution in [0.25, 0.3) is 0 Å². The van der Waals surface area contributed by atoms with Gasteiger partial charge in [-0.15, -0.1) is 11.8 Å². The van der Waals surface area contributed by atoms with Crippen molar-refractivity contribution in [3.63, 3.8) is 0 Å². The minimum atomic E-state index is 0.338. The molecule has 0 spiro atoms. The zero-order chi connectivity index (χ0) is 14.5. The van der Waals surface area contributed by atoms with Gasteiger partial charge in [-0.2, -0.15) is 0 Å². The van der Waals surface area contributed by atoms with Gasteiger partial charge in [0.15, 0.2) is 0 Å². The monoisotopic (exact) mass is 323 g/mol.